The molecule has 5 heteroatoms. The van der Waals surface area contributed by atoms with Gasteiger partial charge in [-0.2, -0.15) is 5.10 Å². The average molecular weight is 174 g/mol. The number of hydrogen-bond donors (Lipinski definition) is 0. The van der Waals surface area contributed by atoms with E-state index in [9.17, 15) is 13.6 Å². The number of alkyl halides is 2. The monoisotopic (exact) mass is 174 g/mol. The molecule has 0 fully saturated rings. The molecule has 0 aliphatic carbocycles. The second-order valence-corrected chi connectivity index (χ2v) is 2.38. The molecule has 0 unspecified atom stereocenters. The van der Waals surface area contributed by atoms with Crippen LogP contribution in [-0.2, 0) is 18.3 Å². The highest BCUT2D eigenvalue weighted by Crippen LogP contribution is 2.20. The molecule has 0 spiro atoms. The van der Waals surface area contributed by atoms with E-state index in [1.165, 1.54) is 10.9 Å². The molecule has 1 heterocycles. The van der Waals surface area contributed by atoms with Crippen molar-refractivity contribution in [2.45, 2.75) is 12.8 Å². The Hall–Kier alpha value is -1.26. The fourth-order valence-corrected chi connectivity index (χ4v) is 0.986. The van der Waals surface area contributed by atoms with Crippen LogP contribution in [0.4, 0.5) is 8.78 Å². The quantitative estimate of drug-likeness (QED) is 0.643. The second kappa shape index (κ2) is 3.42. The first-order valence-corrected chi connectivity index (χ1v) is 3.39. The highest BCUT2D eigenvalue weighted by atomic mass is 19.3. The zero-order chi connectivity index (χ0) is 9.14. The highest BCUT2D eigenvalue weighted by molar-refractivity contribution is 5.55. The summed E-state index contributed by atoms with van der Waals surface area (Å²) in [5.41, 5.74) is -0.00731. The van der Waals surface area contributed by atoms with Crippen molar-refractivity contribution in [3.8, 4) is 0 Å². The number of aromatic nitrogens is 2. The lowest BCUT2D eigenvalue weighted by molar-refractivity contribution is -0.107. The zero-order valence-corrected chi connectivity index (χ0v) is 6.50. The SMILES string of the molecule is Cn1cc(CC=O)c(C(F)F)n1. The minimum Gasteiger partial charge on any atom is -0.303 e. The van der Waals surface area contributed by atoms with E-state index >= 15 is 0 Å². The molecule has 3 nitrogen and oxygen atoms in total. The first kappa shape index (κ1) is 8.83. The Labute approximate surface area is 68.0 Å². The maximum atomic E-state index is 12.2. The minimum atomic E-state index is -2.61. The van der Waals surface area contributed by atoms with E-state index in [4.69, 9.17) is 0 Å². The van der Waals surface area contributed by atoms with Crippen LogP contribution in [0.25, 0.3) is 0 Å². The van der Waals surface area contributed by atoms with Gasteiger partial charge < -0.3 is 4.79 Å². The molecule has 0 aromatic carbocycles. The lowest BCUT2D eigenvalue weighted by Crippen LogP contribution is -1.93. The summed E-state index contributed by atoms with van der Waals surface area (Å²) in [6.07, 6.45) is -0.604. The Morgan fingerprint density at radius 2 is 2.42 bits per heavy atom. The van der Waals surface area contributed by atoms with Crippen molar-refractivity contribution >= 4 is 6.29 Å². The molecule has 1 aromatic rings. The standard InChI is InChI=1S/C7H8F2N2O/c1-11-4-5(2-3-12)6(10-11)7(8)9/h3-4,7H,2H2,1H3. The molecule has 0 saturated carbocycles. The van der Waals surface area contributed by atoms with Crippen molar-refractivity contribution < 1.29 is 13.6 Å². The van der Waals surface area contributed by atoms with E-state index in [1.54, 1.807) is 7.05 Å². The Morgan fingerprint density at radius 3 is 2.92 bits per heavy atom. The number of nitrogens with zero attached hydrogens (tertiary/aromatic N) is 2. The number of aldehydes is 1. The van der Waals surface area contributed by atoms with Crippen LogP contribution in [-0.4, -0.2) is 16.1 Å². The van der Waals surface area contributed by atoms with Gasteiger partial charge in [-0.15, -0.1) is 0 Å². The van der Waals surface area contributed by atoms with Crippen molar-refractivity contribution in [3.05, 3.63) is 17.5 Å². The van der Waals surface area contributed by atoms with Crippen LogP contribution in [0.15, 0.2) is 6.20 Å². The maximum Gasteiger partial charge on any atom is 0.282 e. The summed E-state index contributed by atoms with van der Waals surface area (Å²) >= 11 is 0. The summed E-state index contributed by atoms with van der Waals surface area (Å²) in [4.78, 5) is 10.1. The Morgan fingerprint density at radius 1 is 1.75 bits per heavy atom. The third-order valence-electron chi connectivity index (χ3n) is 1.45. The van der Waals surface area contributed by atoms with Gasteiger partial charge in [0, 0.05) is 25.2 Å². The van der Waals surface area contributed by atoms with Gasteiger partial charge in [-0.1, -0.05) is 0 Å². The van der Waals surface area contributed by atoms with Gasteiger partial charge in [0.05, 0.1) is 0 Å². The average Bonchev–Trinajstić information content (AvgIpc) is 2.32. The van der Waals surface area contributed by atoms with Gasteiger partial charge in [0.25, 0.3) is 6.43 Å². The summed E-state index contributed by atoms with van der Waals surface area (Å²) < 4.78 is 25.6. The van der Waals surface area contributed by atoms with Crippen molar-refractivity contribution in [3.63, 3.8) is 0 Å². The van der Waals surface area contributed by atoms with E-state index in [1.807, 2.05) is 0 Å². The molecule has 12 heavy (non-hydrogen) atoms. The number of carbonyl (C=O) groups excluding carboxylic acids is 1. The van der Waals surface area contributed by atoms with E-state index in [0.717, 1.165) is 0 Å². The van der Waals surface area contributed by atoms with Crippen molar-refractivity contribution in [1.29, 1.82) is 0 Å². The summed E-state index contributed by atoms with van der Waals surface area (Å²) in [7, 11) is 1.54. The van der Waals surface area contributed by atoms with Crippen molar-refractivity contribution in [2.24, 2.45) is 7.05 Å². The van der Waals surface area contributed by atoms with Crippen molar-refractivity contribution in [1.82, 2.24) is 9.78 Å². The van der Waals surface area contributed by atoms with Crippen LogP contribution in [0, 0.1) is 0 Å². The Bertz CT molecular complexity index is 283. The van der Waals surface area contributed by atoms with Gasteiger partial charge in [-0.3, -0.25) is 4.68 Å². The Kier molecular flexibility index (Phi) is 2.52. The molecular weight excluding hydrogens is 166 g/mol. The third kappa shape index (κ3) is 1.66. The molecule has 66 valence electrons. The van der Waals surface area contributed by atoms with E-state index in [0.29, 0.717) is 11.8 Å². The van der Waals surface area contributed by atoms with E-state index in [2.05, 4.69) is 5.10 Å². The molecule has 1 rings (SSSR count). The molecule has 0 bridgehead atoms. The van der Waals surface area contributed by atoms with Crippen LogP contribution in [0.3, 0.4) is 0 Å². The number of carbonyl (C=O) groups is 1. The fraction of sp³-hybridized carbons (Fsp3) is 0.429. The van der Waals surface area contributed by atoms with Gasteiger partial charge >= 0.3 is 0 Å². The van der Waals surface area contributed by atoms with Gasteiger partial charge in [0.15, 0.2) is 0 Å². The number of aryl methyl sites for hydroxylation is 1. The van der Waals surface area contributed by atoms with Crippen molar-refractivity contribution in [2.75, 3.05) is 0 Å². The number of hydrogen-bond acceptors (Lipinski definition) is 2. The third-order valence-corrected chi connectivity index (χ3v) is 1.45. The molecule has 0 amide bonds. The maximum absolute atomic E-state index is 12.2. The zero-order valence-electron chi connectivity index (χ0n) is 6.50. The summed E-state index contributed by atoms with van der Waals surface area (Å²) in [6, 6.07) is 0. The van der Waals surface area contributed by atoms with Gasteiger partial charge in [0.2, 0.25) is 0 Å². The van der Waals surface area contributed by atoms with Gasteiger partial charge in [-0.25, -0.2) is 8.78 Å². The lowest BCUT2D eigenvalue weighted by Gasteiger charge is -1.94. The van der Waals surface area contributed by atoms with Crippen LogP contribution in [0.1, 0.15) is 17.7 Å². The first-order valence-electron chi connectivity index (χ1n) is 3.39. The first-order chi connectivity index (χ1) is 5.65. The van der Waals surface area contributed by atoms with Crippen LogP contribution in [0.5, 0.6) is 0 Å². The molecule has 0 atom stereocenters. The lowest BCUT2D eigenvalue weighted by atomic mass is 10.2. The molecule has 1 aromatic heterocycles. The molecule has 0 saturated heterocycles. The molecule has 0 aliphatic heterocycles. The second-order valence-electron chi connectivity index (χ2n) is 2.38. The van der Waals surface area contributed by atoms with Crippen LogP contribution >= 0.6 is 0 Å². The number of halogens is 2. The summed E-state index contributed by atoms with van der Waals surface area (Å²) in [6.45, 7) is 0. The predicted octanol–water partition coefficient (Wildman–Crippen LogP) is 1.10. The summed E-state index contributed by atoms with van der Waals surface area (Å²) in [5.74, 6) is 0. The van der Waals surface area contributed by atoms with Crippen LogP contribution < -0.4 is 0 Å². The molecule has 0 aliphatic rings. The normalized spacial score (nSPS) is 10.7. The smallest absolute Gasteiger partial charge is 0.282 e. The van der Waals surface area contributed by atoms with Gasteiger partial charge in [0.1, 0.15) is 12.0 Å². The fourth-order valence-electron chi connectivity index (χ4n) is 0.986. The van der Waals surface area contributed by atoms with Crippen LogP contribution in [0.2, 0.25) is 0 Å². The number of rotatable bonds is 3. The van der Waals surface area contributed by atoms with E-state index < -0.39 is 6.43 Å². The molecular formula is C7H8F2N2O. The van der Waals surface area contributed by atoms with E-state index in [-0.39, 0.29) is 12.1 Å². The topological polar surface area (TPSA) is 34.9 Å². The minimum absolute atomic E-state index is 0.00644. The largest absolute Gasteiger partial charge is 0.303 e. The summed E-state index contributed by atoms with van der Waals surface area (Å²) in [5, 5.41) is 3.54. The highest BCUT2D eigenvalue weighted by Gasteiger charge is 2.16. The molecule has 0 N–H and O–H groups in total. The Balaban J connectivity index is 2.99. The van der Waals surface area contributed by atoms with Gasteiger partial charge in [-0.05, 0) is 0 Å². The molecule has 0 radical (unpaired) electrons. The predicted molar refractivity (Wildman–Crippen MR) is 37.9 cm³/mol.